The first-order chi connectivity index (χ1) is 17.4. The summed E-state index contributed by atoms with van der Waals surface area (Å²) in [6.07, 6.45) is 8.70. The van der Waals surface area contributed by atoms with Crippen LogP contribution in [0.25, 0.3) is 10.8 Å². The molecule has 0 aliphatic rings. The van der Waals surface area contributed by atoms with Crippen LogP contribution >= 0.6 is 0 Å². The normalized spacial score (nSPS) is 10.9. The van der Waals surface area contributed by atoms with Crippen molar-refractivity contribution < 1.29 is 22.0 Å². The van der Waals surface area contributed by atoms with Crippen LogP contribution in [0.5, 0.6) is 0 Å². The second kappa shape index (κ2) is 11.3. The van der Waals surface area contributed by atoms with Crippen LogP contribution in [0.15, 0.2) is 48.8 Å². The number of unbranched alkanes of at least 4 members (excludes halogenated alkanes) is 2. The highest BCUT2D eigenvalue weighted by Gasteiger charge is 2.14. The minimum absolute atomic E-state index is 0.0886. The minimum Gasteiger partial charge on any atom is -0.241 e. The van der Waals surface area contributed by atoms with Crippen LogP contribution in [0, 0.1) is 40.9 Å². The SMILES string of the molecule is CCCCCc1cnc(CCc2cc(F)c(C#Cc3ccc4c(F)c(F)c(F)cc4c3)c(F)c2)nc1. The maximum absolute atomic E-state index is 14.6. The molecule has 4 aromatic rings. The van der Waals surface area contributed by atoms with Crippen molar-refractivity contribution in [2.45, 2.75) is 45.4 Å². The van der Waals surface area contributed by atoms with Crippen LogP contribution in [0.3, 0.4) is 0 Å². The van der Waals surface area contributed by atoms with E-state index in [1.165, 1.54) is 30.3 Å². The van der Waals surface area contributed by atoms with Crippen molar-refractivity contribution in [3.63, 3.8) is 0 Å². The average molecular weight is 495 g/mol. The molecule has 0 saturated heterocycles. The molecule has 2 nitrogen and oxygen atoms in total. The number of aryl methyl sites for hydroxylation is 3. The molecule has 0 atom stereocenters. The summed E-state index contributed by atoms with van der Waals surface area (Å²) in [5, 5.41) is -0.0259. The Morgan fingerprint density at radius 3 is 2.11 bits per heavy atom. The number of fused-ring (bicyclic) bond motifs is 1. The number of aromatic nitrogens is 2. The van der Waals surface area contributed by atoms with Gasteiger partial charge in [-0.1, -0.05) is 37.7 Å². The van der Waals surface area contributed by atoms with Gasteiger partial charge in [0.2, 0.25) is 0 Å². The number of hydrogen-bond donors (Lipinski definition) is 0. The lowest BCUT2D eigenvalue weighted by atomic mass is 10.0. The molecule has 0 amide bonds. The van der Waals surface area contributed by atoms with Gasteiger partial charge in [0.05, 0.1) is 5.56 Å². The molecule has 0 saturated carbocycles. The summed E-state index contributed by atoms with van der Waals surface area (Å²) in [5.41, 5.74) is 1.37. The summed E-state index contributed by atoms with van der Waals surface area (Å²) >= 11 is 0. The van der Waals surface area contributed by atoms with Gasteiger partial charge in [-0.25, -0.2) is 31.9 Å². The maximum atomic E-state index is 14.6. The average Bonchev–Trinajstić information content (AvgIpc) is 2.86. The lowest BCUT2D eigenvalue weighted by Gasteiger charge is -2.05. The van der Waals surface area contributed by atoms with E-state index >= 15 is 0 Å². The Labute approximate surface area is 206 Å². The van der Waals surface area contributed by atoms with Crippen LogP contribution in [-0.2, 0) is 19.3 Å². The van der Waals surface area contributed by atoms with Gasteiger partial charge in [0.15, 0.2) is 17.5 Å². The highest BCUT2D eigenvalue weighted by molar-refractivity contribution is 5.84. The zero-order valence-corrected chi connectivity index (χ0v) is 19.6. The Hall–Kier alpha value is -3.79. The van der Waals surface area contributed by atoms with E-state index < -0.39 is 34.6 Å². The fourth-order valence-corrected chi connectivity index (χ4v) is 3.88. The van der Waals surface area contributed by atoms with E-state index in [4.69, 9.17) is 0 Å². The molecule has 7 heteroatoms. The van der Waals surface area contributed by atoms with Crippen LogP contribution < -0.4 is 0 Å². The molecule has 184 valence electrons. The van der Waals surface area contributed by atoms with Crippen LogP contribution in [-0.4, -0.2) is 9.97 Å². The van der Waals surface area contributed by atoms with Crippen molar-refractivity contribution in [3.05, 3.63) is 106 Å². The Bertz CT molecular complexity index is 1430. The summed E-state index contributed by atoms with van der Waals surface area (Å²) in [5.74, 6) is -0.172. The number of benzene rings is 3. The van der Waals surface area contributed by atoms with E-state index in [0.717, 1.165) is 37.3 Å². The largest absolute Gasteiger partial charge is 0.241 e. The van der Waals surface area contributed by atoms with E-state index in [1.54, 1.807) is 12.4 Å². The lowest BCUT2D eigenvalue weighted by molar-refractivity contribution is 0.453. The summed E-state index contributed by atoms with van der Waals surface area (Å²) in [6, 6.07) is 7.23. The van der Waals surface area contributed by atoms with Crippen molar-refractivity contribution in [2.24, 2.45) is 0 Å². The summed E-state index contributed by atoms with van der Waals surface area (Å²) in [7, 11) is 0. The van der Waals surface area contributed by atoms with Gasteiger partial charge in [-0.3, -0.25) is 0 Å². The molecule has 4 rings (SSSR count). The first-order valence-electron chi connectivity index (χ1n) is 11.7. The Kier molecular flexibility index (Phi) is 7.94. The van der Waals surface area contributed by atoms with Gasteiger partial charge in [-0.05, 0) is 66.1 Å². The number of nitrogens with zero attached hydrogens (tertiary/aromatic N) is 2. The molecule has 0 N–H and O–H groups in total. The van der Waals surface area contributed by atoms with Crippen molar-refractivity contribution in [1.29, 1.82) is 0 Å². The molecular weight excluding hydrogens is 471 g/mol. The number of hydrogen-bond acceptors (Lipinski definition) is 2. The number of halogens is 5. The van der Waals surface area contributed by atoms with Crippen molar-refractivity contribution in [2.75, 3.05) is 0 Å². The third kappa shape index (κ3) is 5.88. The van der Waals surface area contributed by atoms with Gasteiger partial charge in [0, 0.05) is 29.8 Å². The lowest BCUT2D eigenvalue weighted by Crippen LogP contribution is -2.01. The van der Waals surface area contributed by atoms with E-state index in [-0.39, 0.29) is 16.3 Å². The second-order valence-corrected chi connectivity index (χ2v) is 8.57. The summed E-state index contributed by atoms with van der Waals surface area (Å²) in [6.45, 7) is 2.14. The minimum atomic E-state index is -1.56. The standard InChI is InChI=1S/C29H23F5N2/c1-2-3-4-5-20-16-35-27(36-17-20)11-8-19-13-24(30)23(25(31)14-19)10-7-18-6-9-22-21(12-18)15-26(32)29(34)28(22)33/h6,9,12-17H,2-5,8,11H2,1H3. The van der Waals surface area contributed by atoms with Gasteiger partial charge in [-0.2, -0.15) is 0 Å². The maximum Gasteiger partial charge on any atom is 0.195 e. The van der Waals surface area contributed by atoms with Gasteiger partial charge >= 0.3 is 0 Å². The molecule has 0 radical (unpaired) electrons. The molecule has 0 aliphatic heterocycles. The fourth-order valence-electron chi connectivity index (χ4n) is 3.88. The van der Waals surface area contributed by atoms with Gasteiger partial charge in [-0.15, -0.1) is 0 Å². The third-order valence-electron chi connectivity index (χ3n) is 5.87. The smallest absolute Gasteiger partial charge is 0.195 e. The molecule has 36 heavy (non-hydrogen) atoms. The van der Waals surface area contributed by atoms with Gasteiger partial charge in [0.1, 0.15) is 17.5 Å². The van der Waals surface area contributed by atoms with Crippen molar-refractivity contribution >= 4 is 10.8 Å². The quantitative estimate of drug-likeness (QED) is 0.117. The molecular formula is C29H23F5N2. The Morgan fingerprint density at radius 2 is 1.42 bits per heavy atom. The van der Waals surface area contributed by atoms with E-state index in [2.05, 4.69) is 28.7 Å². The molecule has 1 heterocycles. The highest BCUT2D eigenvalue weighted by Crippen LogP contribution is 2.24. The zero-order valence-electron chi connectivity index (χ0n) is 19.6. The first-order valence-corrected chi connectivity index (χ1v) is 11.7. The molecule has 3 aromatic carbocycles. The van der Waals surface area contributed by atoms with Crippen LogP contribution in [0.4, 0.5) is 22.0 Å². The van der Waals surface area contributed by atoms with E-state index in [1.807, 2.05) is 0 Å². The summed E-state index contributed by atoms with van der Waals surface area (Å²) < 4.78 is 70.1. The Balaban J connectivity index is 1.46. The highest BCUT2D eigenvalue weighted by atomic mass is 19.2. The monoisotopic (exact) mass is 494 g/mol. The molecule has 0 aliphatic carbocycles. The van der Waals surface area contributed by atoms with Gasteiger partial charge < -0.3 is 0 Å². The molecule has 0 bridgehead atoms. The fraction of sp³-hybridized carbons (Fsp3) is 0.241. The topological polar surface area (TPSA) is 25.8 Å². The number of rotatable bonds is 7. The summed E-state index contributed by atoms with van der Waals surface area (Å²) in [4.78, 5) is 8.69. The van der Waals surface area contributed by atoms with Crippen LogP contribution in [0.2, 0.25) is 0 Å². The third-order valence-corrected chi connectivity index (χ3v) is 5.87. The van der Waals surface area contributed by atoms with Crippen molar-refractivity contribution in [3.8, 4) is 11.8 Å². The molecule has 0 unspecified atom stereocenters. The predicted octanol–water partition coefficient (Wildman–Crippen LogP) is 7.24. The van der Waals surface area contributed by atoms with Crippen molar-refractivity contribution in [1.82, 2.24) is 9.97 Å². The molecule has 0 spiro atoms. The second-order valence-electron chi connectivity index (χ2n) is 8.57. The van der Waals surface area contributed by atoms with Crippen LogP contribution in [0.1, 0.15) is 54.3 Å². The van der Waals surface area contributed by atoms with E-state index in [9.17, 15) is 22.0 Å². The molecule has 0 fully saturated rings. The van der Waals surface area contributed by atoms with E-state index in [0.29, 0.717) is 24.2 Å². The van der Waals surface area contributed by atoms with Gasteiger partial charge in [0.25, 0.3) is 0 Å². The molecule has 1 aromatic heterocycles. The first kappa shape index (κ1) is 25.3. The Morgan fingerprint density at radius 1 is 0.694 bits per heavy atom. The predicted molar refractivity (Wildman–Crippen MR) is 129 cm³/mol. The zero-order chi connectivity index (χ0) is 25.7.